The Morgan fingerprint density at radius 3 is 2.32 bits per heavy atom. The summed E-state index contributed by atoms with van der Waals surface area (Å²) in [6.45, 7) is 3.57. The number of hydrogen-bond donors (Lipinski definition) is 2. The zero-order valence-electron chi connectivity index (χ0n) is 17.9. The van der Waals surface area contributed by atoms with E-state index in [4.69, 9.17) is 0 Å². The summed E-state index contributed by atoms with van der Waals surface area (Å²) in [4.78, 5) is 10.3. The summed E-state index contributed by atoms with van der Waals surface area (Å²) >= 11 is 0. The van der Waals surface area contributed by atoms with Gasteiger partial charge in [0, 0.05) is 11.6 Å². The SMILES string of the molecule is Cc1ccc(NS(=O)(=O)c2ccc(NN=Cc3ccccc3C(F)(F)F)c([N+](=O)[O-])c2)c(C)c1. The Labute approximate surface area is 193 Å². The fraction of sp³-hybridized carbons (Fsp3) is 0.136. The van der Waals surface area contributed by atoms with Gasteiger partial charge in [-0.15, -0.1) is 0 Å². The van der Waals surface area contributed by atoms with Crippen LogP contribution in [-0.2, 0) is 16.2 Å². The van der Waals surface area contributed by atoms with Gasteiger partial charge in [-0.3, -0.25) is 20.3 Å². The van der Waals surface area contributed by atoms with Crippen molar-refractivity contribution in [1.82, 2.24) is 0 Å². The van der Waals surface area contributed by atoms with E-state index >= 15 is 0 Å². The average Bonchev–Trinajstić information content (AvgIpc) is 2.75. The predicted octanol–water partition coefficient (Wildman–Crippen LogP) is 5.48. The highest BCUT2D eigenvalue weighted by atomic mass is 32.2. The first-order chi connectivity index (χ1) is 15.9. The van der Waals surface area contributed by atoms with Gasteiger partial charge >= 0.3 is 6.18 Å². The molecule has 0 atom stereocenters. The van der Waals surface area contributed by atoms with E-state index in [9.17, 15) is 31.7 Å². The molecule has 0 aromatic heterocycles. The topological polar surface area (TPSA) is 114 Å². The maximum Gasteiger partial charge on any atom is 0.417 e. The Morgan fingerprint density at radius 2 is 1.68 bits per heavy atom. The summed E-state index contributed by atoms with van der Waals surface area (Å²) in [5, 5.41) is 15.2. The Kier molecular flexibility index (Phi) is 6.91. The molecule has 3 aromatic carbocycles. The number of halogens is 3. The van der Waals surface area contributed by atoms with Crippen LogP contribution in [0.15, 0.2) is 70.7 Å². The van der Waals surface area contributed by atoms with E-state index in [1.807, 2.05) is 6.92 Å². The highest BCUT2D eigenvalue weighted by molar-refractivity contribution is 7.92. The molecular weight excluding hydrogens is 473 g/mol. The number of rotatable bonds is 7. The van der Waals surface area contributed by atoms with Crippen molar-refractivity contribution in [1.29, 1.82) is 0 Å². The lowest BCUT2D eigenvalue weighted by atomic mass is 10.1. The molecule has 8 nitrogen and oxygen atoms in total. The third-order valence-corrected chi connectivity index (χ3v) is 6.12. The maximum absolute atomic E-state index is 13.1. The molecule has 0 aliphatic rings. The Balaban J connectivity index is 1.88. The number of nitro groups is 1. The number of hydrogen-bond acceptors (Lipinski definition) is 6. The van der Waals surface area contributed by atoms with Crippen LogP contribution in [0.25, 0.3) is 0 Å². The first-order valence-electron chi connectivity index (χ1n) is 9.72. The number of aryl methyl sites for hydroxylation is 2. The molecule has 2 N–H and O–H groups in total. The minimum Gasteiger partial charge on any atom is -0.279 e. The first-order valence-corrected chi connectivity index (χ1v) is 11.2. The number of sulfonamides is 1. The molecule has 34 heavy (non-hydrogen) atoms. The number of anilines is 2. The number of nitrogens with zero attached hydrogens (tertiary/aromatic N) is 2. The Morgan fingerprint density at radius 1 is 1.00 bits per heavy atom. The molecule has 0 aliphatic heterocycles. The molecule has 0 fully saturated rings. The van der Waals surface area contributed by atoms with E-state index in [2.05, 4.69) is 15.2 Å². The van der Waals surface area contributed by atoms with Crippen molar-refractivity contribution >= 4 is 33.3 Å². The molecule has 0 bridgehead atoms. The van der Waals surface area contributed by atoms with E-state index in [1.54, 1.807) is 25.1 Å². The van der Waals surface area contributed by atoms with Gasteiger partial charge in [-0.25, -0.2) is 8.42 Å². The number of hydrazone groups is 1. The highest BCUT2D eigenvalue weighted by Crippen LogP contribution is 2.32. The van der Waals surface area contributed by atoms with Crippen LogP contribution in [0.4, 0.5) is 30.2 Å². The zero-order valence-corrected chi connectivity index (χ0v) is 18.7. The van der Waals surface area contributed by atoms with Crippen molar-refractivity contribution in [2.45, 2.75) is 24.9 Å². The standard InChI is InChI=1S/C22H19F3N4O4S/c1-14-7-9-19(15(2)11-14)28-34(32,33)17-8-10-20(21(12-17)29(30)31)27-26-13-16-5-3-4-6-18(16)22(23,24)25/h3-13,27-28H,1-2H3. The summed E-state index contributed by atoms with van der Waals surface area (Å²) in [6, 6.07) is 12.8. The van der Waals surface area contributed by atoms with E-state index in [1.165, 1.54) is 18.2 Å². The Hall–Kier alpha value is -3.93. The lowest BCUT2D eigenvalue weighted by Gasteiger charge is -2.12. The van der Waals surface area contributed by atoms with Crippen molar-refractivity contribution < 1.29 is 26.5 Å². The molecule has 3 aromatic rings. The molecule has 0 spiro atoms. The third kappa shape index (κ3) is 5.70. The minimum atomic E-state index is -4.60. The van der Waals surface area contributed by atoms with Gasteiger partial charge in [-0.05, 0) is 43.7 Å². The lowest BCUT2D eigenvalue weighted by Crippen LogP contribution is -2.14. The van der Waals surface area contributed by atoms with E-state index in [0.29, 0.717) is 11.3 Å². The van der Waals surface area contributed by atoms with E-state index in [0.717, 1.165) is 36.0 Å². The van der Waals surface area contributed by atoms with E-state index in [-0.39, 0.29) is 16.1 Å². The summed E-state index contributed by atoms with van der Waals surface area (Å²) in [5.41, 5.74) is 2.25. The Bertz CT molecular complexity index is 1370. The van der Waals surface area contributed by atoms with Crippen molar-refractivity contribution in [3.63, 3.8) is 0 Å². The summed E-state index contributed by atoms with van der Waals surface area (Å²) in [5.74, 6) is 0. The number of alkyl halides is 3. The van der Waals surface area contributed by atoms with Crippen LogP contribution in [-0.4, -0.2) is 19.6 Å². The van der Waals surface area contributed by atoms with Crippen LogP contribution >= 0.6 is 0 Å². The summed E-state index contributed by atoms with van der Waals surface area (Å²) < 4.78 is 67.2. The fourth-order valence-electron chi connectivity index (χ4n) is 3.10. The first kappa shape index (κ1) is 24.7. The third-order valence-electron chi connectivity index (χ3n) is 4.76. The second-order valence-electron chi connectivity index (χ2n) is 7.31. The lowest BCUT2D eigenvalue weighted by molar-refractivity contribution is -0.384. The van der Waals surface area contributed by atoms with Crippen molar-refractivity contribution in [2.24, 2.45) is 5.10 Å². The van der Waals surface area contributed by atoms with Crippen LogP contribution in [0.5, 0.6) is 0 Å². The van der Waals surface area contributed by atoms with Gasteiger partial charge in [-0.1, -0.05) is 35.9 Å². The van der Waals surface area contributed by atoms with Gasteiger partial charge in [0.05, 0.1) is 27.3 Å². The molecule has 0 heterocycles. The molecule has 0 radical (unpaired) electrons. The normalized spacial score (nSPS) is 12.0. The van der Waals surface area contributed by atoms with Crippen LogP contribution in [0.1, 0.15) is 22.3 Å². The van der Waals surface area contributed by atoms with Gasteiger partial charge in [0.2, 0.25) is 0 Å². The molecule has 0 unspecified atom stereocenters. The van der Waals surface area contributed by atoms with Crippen molar-refractivity contribution in [3.8, 4) is 0 Å². The van der Waals surface area contributed by atoms with Crippen LogP contribution in [0.2, 0.25) is 0 Å². The van der Waals surface area contributed by atoms with Gasteiger partial charge in [-0.2, -0.15) is 18.3 Å². The van der Waals surface area contributed by atoms with Gasteiger partial charge in [0.25, 0.3) is 15.7 Å². The second-order valence-corrected chi connectivity index (χ2v) is 9.00. The number of benzene rings is 3. The molecule has 178 valence electrons. The zero-order chi connectivity index (χ0) is 25.1. The van der Waals surface area contributed by atoms with Crippen LogP contribution < -0.4 is 10.1 Å². The van der Waals surface area contributed by atoms with Gasteiger partial charge in [0.1, 0.15) is 5.69 Å². The van der Waals surface area contributed by atoms with Crippen molar-refractivity contribution in [2.75, 3.05) is 10.1 Å². The van der Waals surface area contributed by atoms with Crippen LogP contribution in [0, 0.1) is 24.0 Å². The molecule has 3 rings (SSSR count). The fourth-order valence-corrected chi connectivity index (χ4v) is 4.25. The number of nitro benzene ring substituents is 1. The molecule has 0 saturated heterocycles. The predicted molar refractivity (Wildman–Crippen MR) is 122 cm³/mol. The molecule has 12 heteroatoms. The molecule has 0 aliphatic carbocycles. The quantitative estimate of drug-likeness (QED) is 0.258. The monoisotopic (exact) mass is 492 g/mol. The largest absolute Gasteiger partial charge is 0.417 e. The maximum atomic E-state index is 13.1. The second kappa shape index (κ2) is 9.51. The highest BCUT2D eigenvalue weighted by Gasteiger charge is 2.32. The minimum absolute atomic E-state index is 0.198. The summed E-state index contributed by atoms with van der Waals surface area (Å²) in [6.07, 6.45) is -3.73. The molecule has 0 saturated carbocycles. The summed E-state index contributed by atoms with van der Waals surface area (Å²) in [7, 11) is -4.15. The van der Waals surface area contributed by atoms with Gasteiger partial charge in [0.15, 0.2) is 0 Å². The molecular formula is C22H19F3N4O4S. The molecule has 0 amide bonds. The van der Waals surface area contributed by atoms with Crippen molar-refractivity contribution in [3.05, 3.63) is 93.0 Å². The van der Waals surface area contributed by atoms with Gasteiger partial charge < -0.3 is 0 Å². The van der Waals surface area contributed by atoms with Crippen LogP contribution in [0.3, 0.4) is 0 Å². The smallest absolute Gasteiger partial charge is 0.279 e. The van der Waals surface area contributed by atoms with E-state index < -0.39 is 32.4 Å². The number of nitrogens with one attached hydrogen (secondary N) is 2. The average molecular weight is 492 g/mol.